The molecule has 1 aliphatic heterocycles. The van der Waals surface area contributed by atoms with Crippen molar-refractivity contribution in [1.29, 1.82) is 0 Å². The van der Waals surface area contributed by atoms with Crippen LogP contribution >= 0.6 is 11.6 Å². The Morgan fingerprint density at radius 3 is 2.33 bits per heavy atom. The maximum Gasteiger partial charge on any atom is 0.263 e. The molecule has 1 unspecified atom stereocenters. The number of rotatable bonds is 5. The molecule has 1 fully saturated rings. The minimum absolute atomic E-state index is 0.0680. The molecule has 4 heteroatoms. The van der Waals surface area contributed by atoms with Gasteiger partial charge in [-0.1, -0.05) is 41.9 Å². The maximum atomic E-state index is 12.8. The van der Waals surface area contributed by atoms with E-state index in [1.54, 1.807) is 0 Å². The smallest absolute Gasteiger partial charge is 0.263 e. The SMILES string of the molecule is Cc1cc(OC(C)C(=O)N2CCC(Cc3ccccc3)CC2)cc(C)c1Cl. The summed E-state index contributed by atoms with van der Waals surface area (Å²) in [4.78, 5) is 14.7. The van der Waals surface area contributed by atoms with E-state index in [4.69, 9.17) is 16.3 Å². The number of likely N-dealkylation sites (tertiary alicyclic amines) is 1. The van der Waals surface area contributed by atoms with Crippen LogP contribution in [-0.4, -0.2) is 30.0 Å². The Hall–Kier alpha value is -2.00. The first-order valence-electron chi connectivity index (χ1n) is 9.70. The van der Waals surface area contributed by atoms with Gasteiger partial charge in [0.15, 0.2) is 6.10 Å². The van der Waals surface area contributed by atoms with Crippen molar-refractivity contribution < 1.29 is 9.53 Å². The number of carbonyl (C=O) groups is 1. The Labute approximate surface area is 167 Å². The largest absolute Gasteiger partial charge is 0.481 e. The van der Waals surface area contributed by atoms with Gasteiger partial charge in [-0.25, -0.2) is 0 Å². The van der Waals surface area contributed by atoms with Crippen LogP contribution in [0.4, 0.5) is 0 Å². The predicted molar refractivity (Wildman–Crippen MR) is 110 cm³/mol. The Morgan fingerprint density at radius 2 is 1.74 bits per heavy atom. The Morgan fingerprint density at radius 1 is 1.15 bits per heavy atom. The first-order valence-corrected chi connectivity index (χ1v) is 10.1. The Balaban J connectivity index is 1.52. The highest BCUT2D eigenvalue weighted by Crippen LogP contribution is 2.27. The molecule has 0 bridgehead atoms. The second-order valence-corrected chi connectivity index (χ2v) is 7.97. The molecule has 144 valence electrons. The standard InChI is InChI=1S/C23H28ClNO2/c1-16-13-21(14-17(2)22(16)24)27-18(3)23(26)25-11-9-20(10-12-25)15-19-7-5-4-6-8-19/h4-8,13-14,18,20H,9-12,15H2,1-3H3. The number of halogens is 1. The molecule has 2 aromatic rings. The fraction of sp³-hybridized carbons (Fsp3) is 0.435. The Bertz CT molecular complexity index is 759. The average molecular weight is 386 g/mol. The second-order valence-electron chi connectivity index (χ2n) is 7.59. The van der Waals surface area contributed by atoms with Gasteiger partial charge in [-0.3, -0.25) is 4.79 Å². The molecule has 3 rings (SSSR count). The number of benzene rings is 2. The highest BCUT2D eigenvalue weighted by atomic mass is 35.5. The minimum Gasteiger partial charge on any atom is -0.481 e. The van der Waals surface area contributed by atoms with Crippen LogP contribution in [0.15, 0.2) is 42.5 Å². The number of aryl methyl sites for hydroxylation is 2. The van der Waals surface area contributed by atoms with Crippen molar-refractivity contribution in [2.24, 2.45) is 5.92 Å². The van der Waals surface area contributed by atoms with Crippen LogP contribution in [0.25, 0.3) is 0 Å². The summed E-state index contributed by atoms with van der Waals surface area (Å²) in [5, 5.41) is 0.752. The lowest BCUT2D eigenvalue weighted by Gasteiger charge is -2.33. The number of ether oxygens (including phenoxy) is 1. The minimum atomic E-state index is -0.490. The van der Waals surface area contributed by atoms with Crippen molar-refractivity contribution in [1.82, 2.24) is 4.90 Å². The van der Waals surface area contributed by atoms with Gasteiger partial charge < -0.3 is 9.64 Å². The molecule has 1 amide bonds. The lowest BCUT2D eigenvalue weighted by atomic mass is 9.90. The van der Waals surface area contributed by atoms with Gasteiger partial charge in [0.25, 0.3) is 5.91 Å². The van der Waals surface area contributed by atoms with Crippen LogP contribution in [0.5, 0.6) is 5.75 Å². The fourth-order valence-electron chi connectivity index (χ4n) is 3.79. The van der Waals surface area contributed by atoms with Crippen molar-refractivity contribution >= 4 is 17.5 Å². The number of piperidine rings is 1. The van der Waals surface area contributed by atoms with E-state index in [1.165, 1.54) is 5.56 Å². The molecule has 1 heterocycles. The third-order valence-corrected chi connectivity index (χ3v) is 5.96. The van der Waals surface area contributed by atoms with Gasteiger partial charge in [-0.2, -0.15) is 0 Å². The zero-order valence-corrected chi connectivity index (χ0v) is 17.1. The van der Waals surface area contributed by atoms with Gasteiger partial charge in [0.2, 0.25) is 0 Å². The Kier molecular flexibility index (Phi) is 6.43. The molecular weight excluding hydrogens is 358 g/mol. The summed E-state index contributed by atoms with van der Waals surface area (Å²) in [6.07, 6.45) is 2.70. The molecule has 27 heavy (non-hydrogen) atoms. The molecule has 0 spiro atoms. The molecule has 1 atom stereocenters. The number of hydrogen-bond donors (Lipinski definition) is 0. The van der Waals surface area contributed by atoms with Crippen molar-refractivity contribution in [3.63, 3.8) is 0 Å². The summed E-state index contributed by atoms with van der Waals surface area (Å²) in [7, 11) is 0. The van der Waals surface area contributed by atoms with Crippen LogP contribution in [0.3, 0.4) is 0 Å². The number of hydrogen-bond acceptors (Lipinski definition) is 2. The van der Waals surface area contributed by atoms with E-state index >= 15 is 0 Å². The summed E-state index contributed by atoms with van der Waals surface area (Å²) >= 11 is 6.21. The molecular formula is C23H28ClNO2. The zero-order valence-electron chi connectivity index (χ0n) is 16.4. The van der Waals surface area contributed by atoms with E-state index in [9.17, 15) is 4.79 Å². The van der Waals surface area contributed by atoms with Crippen molar-refractivity contribution in [3.05, 3.63) is 64.2 Å². The first kappa shape index (κ1) is 19.8. The molecule has 1 aliphatic rings. The van der Waals surface area contributed by atoms with Crippen LogP contribution in [0, 0.1) is 19.8 Å². The van der Waals surface area contributed by atoms with E-state index in [-0.39, 0.29) is 5.91 Å². The van der Waals surface area contributed by atoms with E-state index in [1.807, 2.05) is 37.8 Å². The van der Waals surface area contributed by atoms with Gasteiger partial charge in [-0.05, 0) is 74.8 Å². The van der Waals surface area contributed by atoms with Crippen LogP contribution in [0.1, 0.15) is 36.5 Å². The van der Waals surface area contributed by atoms with Crippen LogP contribution < -0.4 is 4.74 Å². The normalized spacial score (nSPS) is 16.2. The summed E-state index contributed by atoms with van der Waals surface area (Å²) in [6, 6.07) is 14.4. The predicted octanol–water partition coefficient (Wildman–Crippen LogP) is 5.21. The van der Waals surface area contributed by atoms with Crippen molar-refractivity contribution in [2.45, 2.75) is 46.1 Å². The van der Waals surface area contributed by atoms with Crippen LogP contribution in [0.2, 0.25) is 5.02 Å². The molecule has 1 saturated heterocycles. The topological polar surface area (TPSA) is 29.5 Å². The van der Waals surface area contributed by atoms with Crippen LogP contribution in [-0.2, 0) is 11.2 Å². The van der Waals surface area contributed by atoms with Gasteiger partial charge >= 0.3 is 0 Å². The maximum absolute atomic E-state index is 12.8. The highest BCUT2D eigenvalue weighted by molar-refractivity contribution is 6.32. The number of carbonyl (C=O) groups excluding carboxylic acids is 1. The van der Waals surface area contributed by atoms with E-state index in [0.717, 1.165) is 48.5 Å². The van der Waals surface area contributed by atoms with E-state index < -0.39 is 6.10 Å². The molecule has 0 radical (unpaired) electrons. The molecule has 2 aromatic carbocycles. The number of nitrogens with zero attached hydrogens (tertiary/aromatic N) is 1. The van der Waals surface area contributed by atoms with Gasteiger partial charge in [-0.15, -0.1) is 0 Å². The van der Waals surface area contributed by atoms with Gasteiger partial charge in [0.05, 0.1) is 0 Å². The quantitative estimate of drug-likeness (QED) is 0.707. The van der Waals surface area contributed by atoms with Crippen molar-refractivity contribution in [3.8, 4) is 5.75 Å². The zero-order chi connectivity index (χ0) is 19.4. The summed E-state index contributed by atoms with van der Waals surface area (Å²) < 4.78 is 5.92. The molecule has 0 aromatic heterocycles. The second kappa shape index (κ2) is 8.79. The highest BCUT2D eigenvalue weighted by Gasteiger charge is 2.27. The summed E-state index contributed by atoms with van der Waals surface area (Å²) in [5.74, 6) is 1.42. The lowest BCUT2D eigenvalue weighted by Crippen LogP contribution is -2.45. The molecule has 0 saturated carbocycles. The summed E-state index contributed by atoms with van der Waals surface area (Å²) in [5.41, 5.74) is 3.31. The fourth-order valence-corrected chi connectivity index (χ4v) is 3.90. The monoisotopic (exact) mass is 385 g/mol. The van der Waals surface area contributed by atoms with Gasteiger partial charge in [0.1, 0.15) is 5.75 Å². The third kappa shape index (κ3) is 5.04. The molecule has 0 N–H and O–H groups in total. The molecule has 3 nitrogen and oxygen atoms in total. The lowest BCUT2D eigenvalue weighted by molar-refractivity contribution is -0.139. The van der Waals surface area contributed by atoms with Gasteiger partial charge in [0, 0.05) is 18.1 Å². The van der Waals surface area contributed by atoms with E-state index in [0.29, 0.717) is 11.7 Å². The number of amides is 1. The van der Waals surface area contributed by atoms with Crippen molar-refractivity contribution in [2.75, 3.05) is 13.1 Å². The van der Waals surface area contributed by atoms with E-state index in [2.05, 4.69) is 30.3 Å². The molecule has 0 aliphatic carbocycles. The third-order valence-electron chi connectivity index (χ3n) is 5.36. The summed E-state index contributed by atoms with van der Waals surface area (Å²) in [6.45, 7) is 7.35. The average Bonchev–Trinajstić information content (AvgIpc) is 2.67. The first-order chi connectivity index (χ1) is 12.9.